The Morgan fingerprint density at radius 1 is 1.00 bits per heavy atom. The number of benzene rings is 2. The highest BCUT2D eigenvalue weighted by molar-refractivity contribution is 6.35. The number of rotatable bonds is 6. The maximum atomic E-state index is 13.1. The lowest BCUT2D eigenvalue weighted by atomic mass is 10.1. The van der Waals surface area contributed by atoms with Gasteiger partial charge in [-0.3, -0.25) is 4.57 Å². The highest BCUT2D eigenvalue weighted by atomic mass is 35.5. The molecular formula is C28H24Cl2F3N7O. The minimum atomic E-state index is -4.51. The second-order valence-corrected chi connectivity index (χ2v) is 10.7. The zero-order valence-electron chi connectivity index (χ0n) is 21.8. The van der Waals surface area contributed by atoms with Crippen LogP contribution < -0.4 is 5.32 Å². The monoisotopic (exact) mass is 601 g/mol. The fraction of sp³-hybridized carbons (Fsp3) is 0.286. The van der Waals surface area contributed by atoms with E-state index >= 15 is 0 Å². The molecule has 0 bridgehead atoms. The molecule has 0 radical (unpaired) electrons. The Bertz CT molecular complexity index is 1690. The number of halogens is 5. The lowest BCUT2D eigenvalue weighted by Gasteiger charge is -2.24. The van der Waals surface area contributed by atoms with Crippen molar-refractivity contribution in [2.75, 3.05) is 11.9 Å². The third-order valence-corrected chi connectivity index (χ3v) is 7.28. The molecule has 13 heteroatoms. The van der Waals surface area contributed by atoms with Gasteiger partial charge >= 0.3 is 6.18 Å². The molecule has 212 valence electrons. The summed E-state index contributed by atoms with van der Waals surface area (Å²) >= 11 is 12.5. The third-order valence-electron chi connectivity index (χ3n) is 6.85. The smallest absolute Gasteiger partial charge is 0.364 e. The molecule has 1 saturated heterocycles. The molecule has 3 aromatic heterocycles. The van der Waals surface area contributed by atoms with Gasteiger partial charge in [-0.2, -0.15) is 13.2 Å². The van der Waals surface area contributed by atoms with Crippen LogP contribution in [0.15, 0.2) is 55.0 Å². The van der Waals surface area contributed by atoms with Crippen molar-refractivity contribution in [1.29, 1.82) is 0 Å². The zero-order chi connectivity index (χ0) is 28.7. The number of hydrogen-bond acceptors (Lipinski definition) is 6. The molecular weight excluding hydrogens is 578 g/mol. The van der Waals surface area contributed by atoms with E-state index in [9.17, 15) is 13.2 Å². The summed E-state index contributed by atoms with van der Waals surface area (Å²) in [4.78, 5) is 17.9. The predicted octanol–water partition coefficient (Wildman–Crippen LogP) is 7.53. The van der Waals surface area contributed by atoms with Gasteiger partial charge in [-0.05, 0) is 43.0 Å². The normalized spacial score (nSPS) is 15.9. The number of aryl methyl sites for hydroxylation is 1. The van der Waals surface area contributed by atoms with Crippen molar-refractivity contribution in [3.05, 3.63) is 76.3 Å². The Balaban J connectivity index is 1.31. The summed E-state index contributed by atoms with van der Waals surface area (Å²) in [7, 11) is 1.54. The average Bonchev–Trinajstić information content (AvgIpc) is 3.56. The van der Waals surface area contributed by atoms with Gasteiger partial charge in [-0.15, -0.1) is 0 Å². The number of nitrogens with one attached hydrogen (secondary N) is 1. The van der Waals surface area contributed by atoms with Crippen LogP contribution in [0.5, 0.6) is 0 Å². The standard InChI is InChI=1S/C28H24Cl2F3N7O/c1-39-14-21(28(31,32)33)36-26(39)17-7-5-16(6-8-17)13-34-25-23-27(40(15-35-23)22-4-2-3-9-41-22)38-24(37-25)18-10-19(29)12-20(30)11-18/h5-8,10-12,14-15,22H,2-4,9,13H2,1H3,(H,34,37,38). The van der Waals surface area contributed by atoms with Crippen molar-refractivity contribution in [1.82, 2.24) is 29.1 Å². The van der Waals surface area contributed by atoms with Crippen molar-refractivity contribution in [2.45, 2.75) is 38.2 Å². The van der Waals surface area contributed by atoms with E-state index in [1.54, 1.807) is 36.7 Å². The first-order valence-electron chi connectivity index (χ1n) is 12.9. The molecule has 1 fully saturated rings. The van der Waals surface area contributed by atoms with E-state index in [2.05, 4.69) is 15.3 Å². The Morgan fingerprint density at radius 2 is 1.76 bits per heavy atom. The molecule has 4 heterocycles. The van der Waals surface area contributed by atoms with Gasteiger partial charge in [0.15, 0.2) is 28.5 Å². The van der Waals surface area contributed by atoms with Crippen LogP contribution in [0.25, 0.3) is 33.9 Å². The van der Waals surface area contributed by atoms with Gasteiger partial charge in [-0.25, -0.2) is 19.9 Å². The molecule has 1 aliphatic heterocycles. The third kappa shape index (κ3) is 5.74. The zero-order valence-corrected chi connectivity index (χ0v) is 23.3. The molecule has 41 heavy (non-hydrogen) atoms. The van der Waals surface area contributed by atoms with Gasteiger partial charge in [0.05, 0.1) is 6.33 Å². The van der Waals surface area contributed by atoms with Gasteiger partial charge in [-0.1, -0.05) is 47.5 Å². The molecule has 5 aromatic rings. The number of aromatic nitrogens is 6. The fourth-order valence-electron chi connectivity index (χ4n) is 4.83. The highest BCUT2D eigenvalue weighted by Crippen LogP contribution is 2.33. The number of fused-ring (bicyclic) bond motifs is 1. The summed E-state index contributed by atoms with van der Waals surface area (Å²) in [6.45, 7) is 1.05. The highest BCUT2D eigenvalue weighted by Gasteiger charge is 2.34. The lowest BCUT2D eigenvalue weighted by Crippen LogP contribution is -2.18. The summed E-state index contributed by atoms with van der Waals surface area (Å²) in [5.41, 5.74) is 2.38. The van der Waals surface area contributed by atoms with Crippen molar-refractivity contribution in [3.63, 3.8) is 0 Å². The van der Waals surface area contributed by atoms with E-state index in [1.165, 1.54) is 11.6 Å². The van der Waals surface area contributed by atoms with Crippen LogP contribution in [-0.4, -0.2) is 35.7 Å². The SMILES string of the molecule is Cn1cc(C(F)(F)F)nc1-c1ccc(CNc2nc(-c3cc(Cl)cc(Cl)c3)nc3c2ncn3C2CCCCO2)cc1. The molecule has 1 unspecified atom stereocenters. The van der Waals surface area contributed by atoms with Crippen LogP contribution in [0.4, 0.5) is 19.0 Å². The Hall–Kier alpha value is -3.67. The van der Waals surface area contributed by atoms with Crippen molar-refractivity contribution < 1.29 is 17.9 Å². The molecule has 0 amide bonds. The molecule has 0 saturated carbocycles. The number of nitrogens with zero attached hydrogens (tertiary/aromatic N) is 6. The molecule has 8 nitrogen and oxygen atoms in total. The van der Waals surface area contributed by atoms with Crippen molar-refractivity contribution in [3.8, 4) is 22.8 Å². The number of ether oxygens (including phenoxy) is 1. The fourth-order valence-corrected chi connectivity index (χ4v) is 5.36. The summed E-state index contributed by atoms with van der Waals surface area (Å²) in [5, 5.41) is 4.28. The summed E-state index contributed by atoms with van der Waals surface area (Å²) in [6, 6.07) is 12.3. The number of anilines is 1. The van der Waals surface area contributed by atoms with Crippen LogP contribution in [-0.2, 0) is 24.5 Å². The maximum absolute atomic E-state index is 13.1. The van der Waals surface area contributed by atoms with Crippen molar-refractivity contribution >= 4 is 40.2 Å². The minimum Gasteiger partial charge on any atom is -0.364 e. The van der Waals surface area contributed by atoms with Gasteiger partial charge in [0.2, 0.25) is 0 Å². The second-order valence-electron chi connectivity index (χ2n) is 9.81. The van der Waals surface area contributed by atoms with E-state index in [0.29, 0.717) is 57.1 Å². The quantitative estimate of drug-likeness (QED) is 0.216. The number of imidazole rings is 2. The Morgan fingerprint density at radius 3 is 2.41 bits per heavy atom. The second kappa shape index (κ2) is 11.0. The van der Waals surface area contributed by atoms with Gasteiger partial charge < -0.3 is 14.6 Å². The molecule has 2 aromatic carbocycles. The summed E-state index contributed by atoms with van der Waals surface area (Å²) in [6.07, 6.45) is 0.920. The first-order chi connectivity index (χ1) is 19.7. The van der Waals surface area contributed by atoms with Crippen LogP contribution in [0, 0.1) is 0 Å². The van der Waals surface area contributed by atoms with Gasteiger partial charge in [0.25, 0.3) is 0 Å². The first-order valence-corrected chi connectivity index (χ1v) is 13.7. The van der Waals surface area contributed by atoms with Gasteiger partial charge in [0, 0.05) is 47.6 Å². The molecule has 1 N–H and O–H groups in total. The van der Waals surface area contributed by atoms with E-state index in [1.807, 2.05) is 16.7 Å². The topological polar surface area (TPSA) is 82.7 Å². The number of hydrogen-bond donors (Lipinski definition) is 1. The summed E-state index contributed by atoms with van der Waals surface area (Å²) in [5.74, 6) is 1.17. The van der Waals surface area contributed by atoms with Crippen LogP contribution in [0.1, 0.15) is 36.7 Å². The average molecular weight is 602 g/mol. The Kier molecular flexibility index (Phi) is 7.35. The first kappa shape index (κ1) is 27.5. The molecule has 1 atom stereocenters. The van der Waals surface area contributed by atoms with Crippen LogP contribution in [0.2, 0.25) is 10.0 Å². The van der Waals surface area contributed by atoms with Gasteiger partial charge in [0.1, 0.15) is 12.1 Å². The molecule has 1 aliphatic rings. The largest absolute Gasteiger partial charge is 0.434 e. The van der Waals surface area contributed by atoms with E-state index in [0.717, 1.165) is 31.0 Å². The molecule has 0 spiro atoms. The van der Waals surface area contributed by atoms with E-state index in [-0.39, 0.29) is 12.1 Å². The van der Waals surface area contributed by atoms with E-state index in [4.69, 9.17) is 37.9 Å². The predicted molar refractivity (Wildman–Crippen MR) is 151 cm³/mol. The van der Waals surface area contributed by atoms with Crippen LogP contribution in [0.3, 0.4) is 0 Å². The van der Waals surface area contributed by atoms with E-state index < -0.39 is 11.9 Å². The molecule has 6 rings (SSSR count). The molecule has 0 aliphatic carbocycles. The summed E-state index contributed by atoms with van der Waals surface area (Å²) < 4.78 is 48.6. The van der Waals surface area contributed by atoms with Crippen molar-refractivity contribution in [2.24, 2.45) is 7.05 Å². The van der Waals surface area contributed by atoms with Crippen LogP contribution >= 0.6 is 23.2 Å². The number of alkyl halides is 3. The minimum absolute atomic E-state index is 0.177. The maximum Gasteiger partial charge on any atom is 0.434 e. The Labute approximate surface area is 243 Å². The lowest BCUT2D eigenvalue weighted by molar-refractivity contribution is -0.140.